The first-order valence-corrected chi connectivity index (χ1v) is 7.54. The van der Waals surface area contributed by atoms with E-state index in [0.29, 0.717) is 6.04 Å². The zero-order valence-corrected chi connectivity index (χ0v) is 12.5. The normalized spacial score (nSPS) is 16.8. The molecule has 0 N–H and O–H groups in total. The van der Waals surface area contributed by atoms with Gasteiger partial charge in [-0.05, 0) is 63.5 Å². The van der Waals surface area contributed by atoms with Crippen LogP contribution in [0.1, 0.15) is 38.3 Å². The first-order chi connectivity index (χ1) is 9.15. The summed E-state index contributed by atoms with van der Waals surface area (Å²) in [4.78, 5) is 2.54. The molecule has 1 aromatic heterocycles. The molecule has 0 aliphatic carbocycles. The summed E-state index contributed by atoms with van der Waals surface area (Å²) in [6.45, 7) is 7.97. The lowest BCUT2D eigenvalue weighted by molar-refractivity contribution is 0.332. The summed E-state index contributed by atoms with van der Waals surface area (Å²) in [5, 5.41) is 2.14. The molecule has 1 aliphatic heterocycles. The third-order valence-corrected chi connectivity index (χ3v) is 4.26. The summed E-state index contributed by atoms with van der Waals surface area (Å²) in [6, 6.07) is 6.73. The number of benzene rings is 1. The highest BCUT2D eigenvalue weighted by atomic mass is 35.5. The van der Waals surface area contributed by atoms with Gasteiger partial charge in [-0.2, -0.15) is 0 Å². The van der Waals surface area contributed by atoms with E-state index < -0.39 is 0 Å². The Labute approximate surface area is 120 Å². The third-order valence-electron chi connectivity index (χ3n) is 4.03. The van der Waals surface area contributed by atoms with Crippen molar-refractivity contribution in [3.05, 3.63) is 35.0 Å². The van der Waals surface area contributed by atoms with E-state index in [1.165, 1.54) is 42.4 Å². The fraction of sp³-hybridized carbons (Fsp3) is 0.500. The molecule has 1 fully saturated rings. The first-order valence-electron chi connectivity index (χ1n) is 7.16. The molecule has 1 aromatic carbocycles. The van der Waals surface area contributed by atoms with Gasteiger partial charge in [0.25, 0.3) is 0 Å². The number of rotatable bonds is 3. The molecule has 2 aromatic rings. The molecule has 0 atom stereocenters. The van der Waals surface area contributed by atoms with Crippen molar-refractivity contribution in [2.75, 3.05) is 13.1 Å². The van der Waals surface area contributed by atoms with E-state index in [0.717, 1.165) is 11.6 Å². The molecule has 2 heterocycles. The maximum atomic E-state index is 6.17. The fourth-order valence-electron chi connectivity index (χ4n) is 3.03. The first kappa shape index (κ1) is 13.0. The fourth-order valence-corrected chi connectivity index (χ4v) is 3.20. The SMILES string of the molecule is CC(C)n1cc(CN2CCCC2)c2cc(Cl)ccc21. The third kappa shape index (κ3) is 2.52. The molecule has 3 heteroatoms. The maximum absolute atomic E-state index is 6.17. The topological polar surface area (TPSA) is 8.17 Å². The Balaban J connectivity index is 2.04. The highest BCUT2D eigenvalue weighted by Gasteiger charge is 2.16. The van der Waals surface area contributed by atoms with Gasteiger partial charge >= 0.3 is 0 Å². The van der Waals surface area contributed by atoms with Gasteiger partial charge in [-0.3, -0.25) is 4.90 Å². The van der Waals surface area contributed by atoms with Crippen molar-refractivity contribution >= 4 is 22.5 Å². The lowest BCUT2D eigenvalue weighted by atomic mass is 10.1. The van der Waals surface area contributed by atoms with Crippen LogP contribution in [0, 0.1) is 0 Å². The van der Waals surface area contributed by atoms with Crippen LogP contribution in [0.5, 0.6) is 0 Å². The molecule has 0 unspecified atom stereocenters. The lowest BCUT2D eigenvalue weighted by Gasteiger charge is -2.13. The Bertz CT molecular complexity index is 580. The van der Waals surface area contributed by atoms with Gasteiger partial charge in [0.15, 0.2) is 0 Å². The summed E-state index contributed by atoms with van der Waals surface area (Å²) in [5.41, 5.74) is 2.71. The van der Waals surface area contributed by atoms with Crippen LogP contribution in [0.2, 0.25) is 5.02 Å². The van der Waals surface area contributed by atoms with Crippen LogP contribution in [-0.2, 0) is 6.54 Å². The van der Waals surface area contributed by atoms with E-state index in [2.05, 4.69) is 41.6 Å². The number of likely N-dealkylation sites (tertiary alicyclic amines) is 1. The van der Waals surface area contributed by atoms with Crippen LogP contribution in [0.4, 0.5) is 0 Å². The van der Waals surface area contributed by atoms with Crippen LogP contribution in [0.15, 0.2) is 24.4 Å². The van der Waals surface area contributed by atoms with Gasteiger partial charge in [0, 0.05) is 34.7 Å². The Morgan fingerprint density at radius 1 is 1.21 bits per heavy atom. The van der Waals surface area contributed by atoms with Crippen molar-refractivity contribution in [3.63, 3.8) is 0 Å². The van der Waals surface area contributed by atoms with Gasteiger partial charge in [0.1, 0.15) is 0 Å². The summed E-state index contributed by atoms with van der Waals surface area (Å²) in [6.07, 6.45) is 4.98. The molecule has 1 saturated heterocycles. The van der Waals surface area contributed by atoms with Gasteiger partial charge in [-0.25, -0.2) is 0 Å². The number of aromatic nitrogens is 1. The van der Waals surface area contributed by atoms with Crippen molar-refractivity contribution in [1.29, 1.82) is 0 Å². The summed E-state index contributed by atoms with van der Waals surface area (Å²) < 4.78 is 2.36. The second kappa shape index (κ2) is 5.18. The summed E-state index contributed by atoms with van der Waals surface area (Å²) >= 11 is 6.17. The highest BCUT2D eigenvalue weighted by Crippen LogP contribution is 2.29. The van der Waals surface area contributed by atoms with Crippen molar-refractivity contribution in [3.8, 4) is 0 Å². The molecule has 0 spiro atoms. The van der Waals surface area contributed by atoms with Crippen molar-refractivity contribution in [1.82, 2.24) is 9.47 Å². The van der Waals surface area contributed by atoms with E-state index in [-0.39, 0.29) is 0 Å². The number of nitrogens with zero attached hydrogens (tertiary/aromatic N) is 2. The van der Waals surface area contributed by atoms with E-state index in [1.54, 1.807) is 0 Å². The number of hydrogen-bond donors (Lipinski definition) is 0. The zero-order valence-electron chi connectivity index (χ0n) is 11.7. The summed E-state index contributed by atoms with van der Waals surface area (Å²) in [7, 11) is 0. The predicted molar refractivity (Wildman–Crippen MR) is 81.8 cm³/mol. The standard InChI is InChI=1S/C16H21ClN2/c1-12(2)19-11-13(10-18-7-3-4-8-18)15-9-14(17)5-6-16(15)19/h5-6,9,11-12H,3-4,7-8,10H2,1-2H3. The second-order valence-corrected chi connectivity index (χ2v) is 6.24. The van der Waals surface area contributed by atoms with Gasteiger partial charge in [0.2, 0.25) is 0 Å². The second-order valence-electron chi connectivity index (χ2n) is 5.80. The van der Waals surface area contributed by atoms with Gasteiger partial charge < -0.3 is 4.57 Å². The predicted octanol–water partition coefficient (Wildman–Crippen LogP) is 4.47. The quantitative estimate of drug-likeness (QED) is 0.803. The Kier molecular flexibility index (Phi) is 3.55. The van der Waals surface area contributed by atoms with Crippen LogP contribution in [-0.4, -0.2) is 22.6 Å². The lowest BCUT2D eigenvalue weighted by Crippen LogP contribution is -2.18. The number of hydrogen-bond acceptors (Lipinski definition) is 1. The van der Waals surface area contributed by atoms with Crippen LogP contribution in [0.3, 0.4) is 0 Å². The molecule has 19 heavy (non-hydrogen) atoms. The van der Waals surface area contributed by atoms with Crippen molar-refractivity contribution in [2.24, 2.45) is 0 Å². The Morgan fingerprint density at radius 3 is 2.63 bits per heavy atom. The van der Waals surface area contributed by atoms with E-state index in [9.17, 15) is 0 Å². The van der Waals surface area contributed by atoms with Gasteiger partial charge in [-0.15, -0.1) is 0 Å². The van der Waals surface area contributed by atoms with E-state index in [4.69, 9.17) is 11.6 Å². The molecule has 102 valence electrons. The summed E-state index contributed by atoms with van der Waals surface area (Å²) in [5.74, 6) is 0. The Hall–Kier alpha value is -0.990. The van der Waals surface area contributed by atoms with Gasteiger partial charge in [0.05, 0.1) is 0 Å². The zero-order chi connectivity index (χ0) is 13.4. The van der Waals surface area contributed by atoms with Crippen LogP contribution >= 0.6 is 11.6 Å². The molecule has 2 nitrogen and oxygen atoms in total. The van der Waals surface area contributed by atoms with Crippen molar-refractivity contribution < 1.29 is 0 Å². The van der Waals surface area contributed by atoms with E-state index in [1.807, 2.05) is 6.07 Å². The Morgan fingerprint density at radius 2 is 1.95 bits per heavy atom. The van der Waals surface area contributed by atoms with Crippen LogP contribution in [0.25, 0.3) is 10.9 Å². The molecule has 0 bridgehead atoms. The smallest absolute Gasteiger partial charge is 0.0487 e. The van der Waals surface area contributed by atoms with Crippen LogP contribution < -0.4 is 0 Å². The molecule has 3 rings (SSSR count). The highest BCUT2D eigenvalue weighted by molar-refractivity contribution is 6.31. The molecule has 0 saturated carbocycles. The molecular formula is C16H21ClN2. The molecule has 0 amide bonds. The molecule has 0 radical (unpaired) electrons. The molecular weight excluding hydrogens is 256 g/mol. The monoisotopic (exact) mass is 276 g/mol. The molecule has 1 aliphatic rings. The average molecular weight is 277 g/mol. The minimum absolute atomic E-state index is 0.482. The van der Waals surface area contributed by atoms with Crippen molar-refractivity contribution in [2.45, 2.75) is 39.3 Å². The number of fused-ring (bicyclic) bond motifs is 1. The maximum Gasteiger partial charge on any atom is 0.0487 e. The largest absolute Gasteiger partial charge is 0.345 e. The minimum Gasteiger partial charge on any atom is -0.345 e. The van der Waals surface area contributed by atoms with Gasteiger partial charge in [-0.1, -0.05) is 11.6 Å². The van der Waals surface area contributed by atoms with E-state index >= 15 is 0 Å². The average Bonchev–Trinajstić information content (AvgIpc) is 2.98. The number of halogens is 1. The minimum atomic E-state index is 0.482.